The fraction of sp³-hybridized carbons (Fsp3) is 0. The normalized spacial score (nSPS) is 12.7. The first-order valence-electron chi connectivity index (χ1n) is 9.47. The molecule has 0 aliphatic carbocycles. The molecule has 0 atom stereocenters. The monoisotopic (exact) mass is 390 g/mol. The zero-order valence-corrected chi connectivity index (χ0v) is 16.1. The van der Waals surface area contributed by atoms with Gasteiger partial charge in [-0.25, -0.2) is 0 Å². The molecule has 4 rings (SSSR count). The van der Waals surface area contributed by atoms with E-state index in [1.165, 1.54) is 0 Å². The molecule has 3 aromatic carbocycles. The summed E-state index contributed by atoms with van der Waals surface area (Å²) in [5, 5.41) is 12.6. The minimum atomic E-state index is -0.465. The van der Waals surface area contributed by atoms with Gasteiger partial charge < -0.3 is 10.1 Å². The van der Waals surface area contributed by atoms with Crippen molar-refractivity contribution in [2.75, 3.05) is 5.32 Å². The van der Waals surface area contributed by atoms with E-state index in [0.29, 0.717) is 22.8 Å². The van der Waals surface area contributed by atoms with Gasteiger partial charge in [0.2, 0.25) is 0 Å². The molecular weight excluding hydrogens is 372 g/mol. The Kier molecular flexibility index (Phi) is 5.54. The van der Waals surface area contributed by atoms with Crippen molar-refractivity contribution in [1.29, 1.82) is 5.26 Å². The third-order valence-electron chi connectivity index (χ3n) is 4.57. The Bertz CT molecular complexity index is 1130. The first-order valence-corrected chi connectivity index (χ1v) is 9.47. The number of nitrogens with one attached hydrogen (secondary N) is 1. The molecule has 0 saturated carbocycles. The van der Waals surface area contributed by atoms with Gasteiger partial charge in [0.1, 0.15) is 23.2 Å². The summed E-state index contributed by atoms with van der Waals surface area (Å²) < 4.78 is 6.13. The van der Waals surface area contributed by atoms with Crippen molar-refractivity contribution < 1.29 is 9.53 Å². The van der Waals surface area contributed by atoms with E-state index in [1.54, 1.807) is 24.3 Å². The summed E-state index contributed by atoms with van der Waals surface area (Å²) in [5.74, 6) is 0.687. The standard InChI is InChI=1S/C26H18N2O2/c27-18-23(26(29)28-22-14-8-3-9-15-22)21-16-24(19-10-4-1-5-11-19)30-25(17-21)20-12-6-2-7-13-20/h1-17H,(H,28,29). The van der Waals surface area contributed by atoms with E-state index >= 15 is 0 Å². The summed E-state index contributed by atoms with van der Waals surface area (Å²) in [6.45, 7) is 0. The number of benzene rings is 3. The SMILES string of the molecule is N#CC(C(=O)Nc1ccccc1)=C1C=C(c2ccccc2)OC(c2ccccc2)=C1. The molecule has 144 valence electrons. The highest BCUT2D eigenvalue weighted by atomic mass is 16.5. The van der Waals surface area contributed by atoms with Gasteiger partial charge in [0.25, 0.3) is 5.91 Å². The van der Waals surface area contributed by atoms with Crippen LogP contribution in [0.5, 0.6) is 0 Å². The molecular formula is C26H18N2O2. The second kappa shape index (κ2) is 8.76. The van der Waals surface area contributed by atoms with E-state index in [4.69, 9.17) is 4.74 Å². The lowest BCUT2D eigenvalue weighted by Crippen LogP contribution is -2.15. The molecule has 30 heavy (non-hydrogen) atoms. The number of hydrogen-bond acceptors (Lipinski definition) is 3. The van der Waals surface area contributed by atoms with Gasteiger partial charge >= 0.3 is 0 Å². The lowest BCUT2D eigenvalue weighted by Gasteiger charge is -2.19. The van der Waals surface area contributed by atoms with E-state index < -0.39 is 5.91 Å². The number of rotatable bonds is 4. The molecule has 1 aliphatic heterocycles. The molecule has 0 fully saturated rings. The second-order valence-corrected chi connectivity index (χ2v) is 6.61. The zero-order chi connectivity index (χ0) is 20.8. The van der Waals surface area contributed by atoms with E-state index in [2.05, 4.69) is 11.4 Å². The van der Waals surface area contributed by atoms with Crippen LogP contribution in [0.25, 0.3) is 11.5 Å². The molecule has 3 aromatic rings. The number of nitrogens with zero attached hydrogens (tertiary/aromatic N) is 1. The highest BCUT2D eigenvalue weighted by molar-refractivity contribution is 6.08. The molecule has 1 amide bonds. The first-order chi connectivity index (χ1) is 14.7. The number of carbonyl (C=O) groups is 1. The van der Waals surface area contributed by atoms with Crippen molar-refractivity contribution in [3.8, 4) is 6.07 Å². The summed E-state index contributed by atoms with van der Waals surface area (Å²) in [6.07, 6.45) is 3.45. The Morgan fingerprint density at radius 1 is 0.733 bits per heavy atom. The Hall–Kier alpha value is -4.36. The van der Waals surface area contributed by atoms with Crippen LogP contribution in [0.2, 0.25) is 0 Å². The number of allylic oxidation sites excluding steroid dienone is 3. The number of nitriles is 1. The van der Waals surface area contributed by atoms with Crippen LogP contribution in [0, 0.1) is 11.3 Å². The maximum Gasteiger partial charge on any atom is 0.266 e. The fourth-order valence-corrected chi connectivity index (χ4v) is 3.10. The molecule has 0 unspecified atom stereocenters. The van der Waals surface area contributed by atoms with Crippen molar-refractivity contribution in [2.45, 2.75) is 0 Å². The minimum Gasteiger partial charge on any atom is -0.456 e. The largest absolute Gasteiger partial charge is 0.456 e. The number of hydrogen-bond donors (Lipinski definition) is 1. The predicted octanol–water partition coefficient (Wildman–Crippen LogP) is 5.56. The number of amides is 1. The van der Waals surface area contributed by atoms with Crippen LogP contribution in [0.4, 0.5) is 5.69 Å². The molecule has 1 heterocycles. The summed E-state index contributed by atoms with van der Waals surface area (Å²) >= 11 is 0. The van der Waals surface area contributed by atoms with Gasteiger partial charge in [-0.05, 0) is 24.3 Å². The minimum absolute atomic E-state index is 0.0176. The van der Waals surface area contributed by atoms with Crippen molar-refractivity contribution >= 4 is 23.1 Å². The van der Waals surface area contributed by atoms with Crippen LogP contribution in [-0.4, -0.2) is 5.91 Å². The molecule has 0 spiro atoms. The van der Waals surface area contributed by atoms with Gasteiger partial charge in [-0.2, -0.15) is 5.26 Å². The highest BCUT2D eigenvalue weighted by Gasteiger charge is 2.20. The van der Waals surface area contributed by atoms with Gasteiger partial charge in [0.15, 0.2) is 0 Å². The number of para-hydroxylation sites is 1. The average molecular weight is 390 g/mol. The van der Waals surface area contributed by atoms with Crippen LogP contribution in [0.1, 0.15) is 11.1 Å². The summed E-state index contributed by atoms with van der Waals surface area (Å²) in [7, 11) is 0. The van der Waals surface area contributed by atoms with Crippen molar-refractivity contribution in [3.05, 3.63) is 125 Å². The molecule has 0 aromatic heterocycles. The number of carbonyl (C=O) groups excluding carboxylic acids is 1. The Labute approximate surface area is 175 Å². The molecule has 0 bridgehead atoms. The Morgan fingerprint density at radius 2 is 1.20 bits per heavy atom. The van der Waals surface area contributed by atoms with Crippen molar-refractivity contribution in [3.63, 3.8) is 0 Å². The highest BCUT2D eigenvalue weighted by Crippen LogP contribution is 2.33. The molecule has 0 radical (unpaired) electrons. The zero-order valence-electron chi connectivity index (χ0n) is 16.1. The predicted molar refractivity (Wildman–Crippen MR) is 118 cm³/mol. The molecule has 1 N–H and O–H groups in total. The second-order valence-electron chi connectivity index (χ2n) is 6.61. The number of ether oxygens (including phenoxy) is 1. The average Bonchev–Trinajstić information content (AvgIpc) is 2.81. The van der Waals surface area contributed by atoms with Gasteiger partial charge in [0.05, 0.1) is 0 Å². The van der Waals surface area contributed by atoms with E-state index in [-0.39, 0.29) is 5.57 Å². The topological polar surface area (TPSA) is 62.1 Å². The smallest absolute Gasteiger partial charge is 0.266 e. The van der Waals surface area contributed by atoms with E-state index in [9.17, 15) is 10.1 Å². The fourth-order valence-electron chi connectivity index (χ4n) is 3.10. The Balaban J connectivity index is 1.79. The van der Waals surface area contributed by atoms with Crippen molar-refractivity contribution in [1.82, 2.24) is 0 Å². The third kappa shape index (κ3) is 4.21. The van der Waals surface area contributed by atoms with Gasteiger partial charge in [0, 0.05) is 22.4 Å². The Morgan fingerprint density at radius 3 is 1.67 bits per heavy atom. The molecule has 1 aliphatic rings. The van der Waals surface area contributed by atoms with Crippen LogP contribution in [0.3, 0.4) is 0 Å². The maximum absolute atomic E-state index is 12.8. The van der Waals surface area contributed by atoms with Gasteiger partial charge in [-0.3, -0.25) is 4.79 Å². The summed E-state index contributed by atoms with van der Waals surface area (Å²) in [6, 6.07) is 30.3. The quantitative estimate of drug-likeness (QED) is 0.469. The van der Waals surface area contributed by atoms with E-state index in [1.807, 2.05) is 78.9 Å². The van der Waals surface area contributed by atoms with Crippen LogP contribution >= 0.6 is 0 Å². The first kappa shape index (κ1) is 19.0. The molecule has 0 saturated heterocycles. The van der Waals surface area contributed by atoms with Crippen LogP contribution < -0.4 is 5.32 Å². The lowest BCUT2D eigenvalue weighted by molar-refractivity contribution is -0.112. The summed E-state index contributed by atoms with van der Waals surface area (Å²) in [5.41, 5.74) is 2.86. The maximum atomic E-state index is 12.8. The van der Waals surface area contributed by atoms with E-state index in [0.717, 1.165) is 11.1 Å². The lowest BCUT2D eigenvalue weighted by atomic mass is 10.00. The third-order valence-corrected chi connectivity index (χ3v) is 4.57. The molecule has 4 heteroatoms. The van der Waals surface area contributed by atoms with Crippen LogP contribution in [0.15, 0.2) is 114 Å². The van der Waals surface area contributed by atoms with Gasteiger partial charge in [-0.1, -0.05) is 78.9 Å². The van der Waals surface area contributed by atoms with Crippen LogP contribution in [-0.2, 0) is 9.53 Å². The summed E-state index contributed by atoms with van der Waals surface area (Å²) in [4.78, 5) is 12.8. The van der Waals surface area contributed by atoms with Crippen molar-refractivity contribution in [2.24, 2.45) is 0 Å². The molecule has 4 nitrogen and oxygen atoms in total. The van der Waals surface area contributed by atoms with Gasteiger partial charge in [-0.15, -0.1) is 0 Å². The number of anilines is 1.